The van der Waals surface area contributed by atoms with Gasteiger partial charge in [0.05, 0.1) is 11.1 Å². The van der Waals surface area contributed by atoms with Crippen LogP contribution in [0.25, 0.3) is 39.0 Å². The van der Waals surface area contributed by atoms with E-state index in [0.29, 0.717) is 5.88 Å². The van der Waals surface area contributed by atoms with Gasteiger partial charge in [0, 0.05) is 14.9 Å². The fourth-order valence-corrected chi connectivity index (χ4v) is 6.35. The lowest BCUT2D eigenvalue weighted by Crippen LogP contribution is -2.88. The minimum Gasteiger partial charge on any atom is -0.448 e. The predicted molar refractivity (Wildman–Crippen MR) is 120 cm³/mol. The van der Waals surface area contributed by atoms with Crippen LogP contribution in [0.5, 0.6) is 23.1 Å². The highest BCUT2D eigenvalue weighted by Gasteiger charge is 2.72. The van der Waals surface area contributed by atoms with Crippen molar-refractivity contribution in [3.05, 3.63) is 72.8 Å². The van der Waals surface area contributed by atoms with Gasteiger partial charge < -0.3 is 9.47 Å². The fourth-order valence-electron chi connectivity index (χ4n) is 6.35. The Morgan fingerprint density at radius 2 is 1.85 bits per heavy atom. The molecule has 0 saturated heterocycles. The van der Waals surface area contributed by atoms with Gasteiger partial charge in [-0.05, 0) is 49.4 Å². The SMILES string of the molecule is Cc1cc2n(n1)[N+]13c4c(ccc5c4-n4c6c(cccc6c6ccc[n+]1c64)O5)Oc1cncc-2[n+]13. The topological polar surface area (TPSA) is 61.9 Å². The largest absolute Gasteiger partial charge is 0.456 e. The number of pyridine rings is 1. The van der Waals surface area contributed by atoms with Crippen LogP contribution in [0.2, 0.25) is 0 Å². The Hall–Kier alpha value is -4.76. The van der Waals surface area contributed by atoms with E-state index >= 15 is 0 Å². The summed E-state index contributed by atoms with van der Waals surface area (Å²) in [4.78, 5) is 6.72. The molecule has 4 aliphatic rings. The number of rotatable bonds is 0. The summed E-state index contributed by atoms with van der Waals surface area (Å²) in [7, 11) is 0. The summed E-state index contributed by atoms with van der Waals surface area (Å²) in [6.45, 7) is 2.02. The molecule has 6 aromatic rings. The van der Waals surface area contributed by atoms with E-state index in [0.717, 1.165) is 67.6 Å². The molecule has 1 atom stereocenters. The maximum absolute atomic E-state index is 6.50. The summed E-state index contributed by atoms with van der Waals surface area (Å²) < 4.78 is 19.7. The summed E-state index contributed by atoms with van der Waals surface area (Å²) in [5.41, 5.74) is 6.92. The molecule has 0 aliphatic carbocycles. The molecule has 34 heavy (non-hydrogen) atoms. The van der Waals surface area contributed by atoms with Crippen molar-refractivity contribution in [1.29, 1.82) is 0 Å². The van der Waals surface area contributed by atoms with Gasteiger partial charge in [-0.3, -0.25) is 0 Å². The van der Waals surface area contributed by atoms with Gasteiger partial charge in [0.15, 0.2) is 23.2 Å². The van der Waals surface area contributed by atoms with E-state index in [2.05, 4.69) is 60.2 Å². The average Bonchev–Trinajstić information content (AvgIpc) is 3.49. The third-order valence-electron chi connectivity index (χ3n) is 7.45. The van der Waals surface area contributed by atoms with Gasteiger partial charge >= 0.3 is 22.9 Å². The summed E-state index contributed by atoms with van der Waals surface area (Å²) in [5.74, 6) is 3.05. The third kappa shape index (κ3) is 1.34. The monoisotopic (exact) mass is 444 g/mol. The molecule has 2 aromatic carbocycles. The molecule has 0 N–H and O–H groups in total. The number of hydrogen-bond donors (Lipinski definition) is 0. The number of fused-ring (bicyclic) bond motifs is 3. The normalized spacial score (nSPS) is 18.7. The molecule has 0 radical (unpaired) electrons. The molecule has 4 aliphatic heterocycles. The van der Waals surface area contributed by atoms with E-state index in [9.17, 15) is 0 Å². The number of para-hydroxylation sites is 1. The van der Waals surface area contributed by atoms with Crippen LogP contribution in [0.15, 0.2) is 67.1 Å². The third-order valence-corrected chi connectivity index (χ3v) is 7.45. The van der Waals surface area contributed by atoms with Gasteiger partial charge in [0.2, 0.25) is 16.3 Å². The second-order valence-electron chi connectivity index (χ2n) is 9.11. The lowest BCUT2D eigenvalue weighted by molar-refractivity contribution is -1.05. The van der Waals surface area contributed by atoms with Crippen LogP contribution < -0.4 is 23.6 Å². The number of quaternary nitrogens is 1. The minimum absolute atomic E-state index is 0.154. The Kier molecular flexibility index (Phi) is 2.17. The van der Waals surface area contributed by atoms with Crippen molar-refractivity contribution in [2.45, 2.75) is 6.92 Å². The molecule has 0 bridgehead atoms. The molecule has 1 unspecified atom stereocenters. The Bertz CT molecular complexity index is 2000. The number of hydrogen-bond acceptors (Lipinski definition) is 4. The lowest BCUT2D eigenvalue weighted by Gasteiger charge is -2.31. The van der Waals surface area contributed by atoms with Crippen molar-refractivity contribution in [1.82, 2.24) is 24.3 Å². The number of aryl methyl sites for hydroxylation is 1. The molecule has 0 saturated carbocycles. The molecule has 9 heteroatoms. The van der Waals surface area contributed by atoms with Gasteiger partial charge in [0.1, 0.15) is 17.1 Å². The first-order valence-corrected chi connectivity index (χ1v) is 11.2. The van der Waals surface area contributed by atoms with Gasteiger partial charge in [-0.2, -0.15) is 4.57 Å². The lowest BCUT2D eigenvalue weighted by atomic mass is 10.1. The van der Waals surface area contributed by atoms with Crippen molar-refractivity contribution in [2.75, 3.05) is 0 Å². The van der Waals surface area contributed by atoms with Crippen LogP contribution in [0, 0.1) is 6.92 Å². The van der Waals surface area contributed by atoms with E-state index in [1.165, 1.54) is 0 Å². The second kappa shape index (κ2) is 4.63. The van der Waals surface area contributed by atoms with E-state index < -0.39 is 0 Å². The van der Waals surface area contributed by atoms with Crippen LogP contribution in [0.3, 0.4) is 0 Å². The smallest absolute Gasteiger partial charge is 0.448 e. The standard InChI is InChI=1S/C25H14N7O2/c1-13-10-16-17-11-26-12-21-30(17)32(31(16)27-13)24-20(34-21)8-7-19-23(24)29-22-14(4-2-6-18(22)33-19)15-5-3-9-28(32)25(15)29/h2-12H,1H3/q+3. The molecule has 4 aromatic heterocycles. The first-order chi connectivity index (χ1) is 16.8. The second-order valence-corrected chi connectivity index (χ2v) is 9.11. The zero-order valence-electron chi connectivity index (χ0n) is 17.8. The molecule has 9 nitrogen and oxygen atoms in total. The predicted octanol–water partition coefficient (Wildman–Crippen LogP) is 3.46. The zero-order chi connectivity index (χ0) is 21.9. The van der Waals surface area contributed by atoms with E-state index in [1.807, 2.05) is 31.3 Å². The maximum Gasteiger partial charge on any atom is 0.456 e. The van der Waals surface area contributed by atoms with Crippen LogP contribution in [0.4, 0.5) is 5.69 Å². The molecule has 1 spiro atoms. The zero-order valence-corrected chi connectivity index (χ0v) is 17.8. The van der Waals surface area contributed by atoms with E-state index in [4.69, 9.17) is 14.6 Å². The molecule has 158 valence electrons. The first-order valence-electron chi connectivity index (χ1n) is 11.2. The highest BCUT2D eigenvalue weighted by Crippen LogP contribution is 2.56. The number of ether oxygens (including phenoxy) is 2. The van der Waals surface area contributed by atoms with Crippen LogP contribution in [-0.4, -0.2) is 19.4 Å². The first kappa shape index (κ1) is 15.9. The quantitative estimate of drug-likeness (QED) is 0.266. The van der Waals surface area contributed by atoms with E-state index in [-0.39, 0.29) is 4.81 Å². The van der Waals surface area contributed by atoms with Gasteiger partial charge in [-0.15, -0.1) is 5.10 Å². The number of aromatic nitrogens is 6. The summed E-state index contributed by atoms with van der Waals surface area (Å²) in [5, 5.41) is 7.33. The summed E-state index contributed by atoms with van der Waals surface area (Å²) in [6.07, 6.45) is 5.77. The number of benzene rings is 2. The van der Waals surface area contributed by atoms with Crippen LogP contribution >= 0.6 is 0 Å². The fraction of sp³-hybridized carbons (Fsp3) is 0.0400. The van der Waals surface area contributed by atoms with Crippen molar-refractivity contribution in [3.63, 3.8) is 0 Å². The summed E-state index contributed by atoms with van der Waals surface area (Å²) in [6, 6.07) is 16.6. The maximum atomic E-state index is 6.50. The van der Waals surface area contributed by atoms with Gasteiger partial charge in [0.25, 0.3) is 5.69 Å². The number of nitrogens with zero attached hydrogens (tertiary/aromatic N) is 7. The summed E-state index contributed by atoms with van der Waals surface area (Å²) >= 11 is 0. The Morgan fingerprint density at radius 3 is 2.82 bits per heavy atom. The van der Waals surface area contributed by atoms with Crippen molar-refractivity contribution in [2.24, 2.45) is 0 Å². The van der Waals surface area contributed by atoms with Crippen molar-refractivity contribution in [3.8, 4) is 40.2 Å². The van der Waals surface area contributed by atoms with Crippen molar-refractivity contribution >= 4 is 27.6 Å². The molecule has 0 fully saturated rings. The van der Waals surface area contributed by atoms with E-state index in [1.54, 1.807) is 6.20 Å². The average molecular weight is 444 g/mol. The molecular formula is C25H14N7O2+3. The highest BCUT2D eigenvalue weighted by molar-refractivity contribution is 6.11. The van der Waals surface area contributed by atoms with Gasteiger partial charge in [-0.1, -0.05) is 6.07 Å². The molecule has 8 heterocycles. The Morgan fingerprint density at radius 1 is 0.941 bits per heavy atom. The molecule has 10 rings (SSSR count). The molecular weight excluding hydrogens is 430 g/mol. The van der Waals surface area contributed by atoms with Crippen LogP contribution in [0.1, 0.15) is 5.69 Å². The van der Waals surface area contributed by atoms with Crippen molar-refractivity contribution < 1.29 is 18.8 Å². The van der Waals surface area contributed by atoms with Gasteiger partial charge in [-0.25, -0.2) is 4.98 Å². The Balaban J connectivity index is 1.59. The molecule has 0 amide bonds. The highest BCUT2D eigenvalue weighted by atomic mass is 16.5. The Labute approximate surface area is 191 Å². The minimum atomic E-state index is 0.154. The van der Waals surface area contributed by atoms with Crippen LogP contribution in [-0.2, 0) is 0 Å².